The predicted molar refractivity (Wildman–Crippen MR) is 248 cm³/mol. The summed E-state index contributed by atoms with van der Waals surface area (Å²) in [4.78, 5) is 24.6. The zero-order chi connectivity index (χ0) is 43.7. The maximum Gasteiger partial charge on any atom is 0.207 e. The lowest BCUT2D eigenvalue weighted by Crippen LogP contribution is -2.59. The van der Waals surface area contributed by atoms with Crippen LogP contribution in [0.15, 0.2) is 98.1 Å². The van der Waals surface area contributed by atoms with Gasteiger partial charge in [-0.05, 0) is 150 Å². The van der Waals surface area contributed by atoms with Gasteiger partial charge in [-0.15, -0.1) is 0 Å². The van der Waals surface area contributed by atoms with Crippen molar-refractivity contribution in [3.8, 4) is 23.0 Å². The maximum absolute atomic E-state index is 6.60. The van der Waals surface area contributed by atoms with Gasteiger partial charge in [0.05, 0.1) is 13.2 Å². The molecule has 11 atom stereocenters. The van der Waals surface area contributed by atoms with Gasteiger partial charge in [0.1, 0.15) is 35.2 Å². The van der Waals surface area contributed by atoms with Gasteiger partial charge in [-0.3, -0.25) is 0 Å². The quantitative estimate of drug-likeness (QED) is 0.154. The molecule has 336 valence electrons. The molecule has 2 spiro atoms. The highest BCUT2D eigenvalue weighted by molar-refractivity contribution is 5.85. The Morgan fingerprint density at radius 1 is 0.603 bits per heavy atom. The second-order valence-corrected chi connectivity index (χ2v) is 20.0. The van der Waals surface area contributed by atoms with Gasteiger partial charge < -0.3 is 18.9 Å². The summed E-state index contributed by atoms with van der Waals surface area (Å²) in [6.07, 6.45) is 12.0. The molecule has 3 aliphatic carbocycles. The molecule has 0 amide bonds. The summed E-state index contributed by atoms with van der Waals surface area (Å²) >= 11 is 0. The molecule has 63 heavy (non-hydrogen) atoms. The van der Waals surface area contributed by atoms with Gasteiger partial charge in [0.25, 0.3) is 0 Å². The third-order valence-corrected chi connectivity index (χ3v) is 15.3. The Bertz CT molecular complexity index is 2190. The molecular weight excluding hydrogens is 789 g/mol. The molecule has 8 heteroatoms. The van der Waals surface area contributed by atoms with Crippen LogP contribution in [0.1, 0.15) is 116 Å². The number of hydrogen-bond donors (Lipinski definition) is 0. The average Bonchev–Trinajstić information content (AvgIpc) is 3.30. The first-order valence-electron chi connectivity index (χ1n) is 23.9. The van der Waals surface area contributed by atoms with Crippen LogP contribution in [-0.2, 0) is 29.0 Å². The summed E-state index contributed by atoms with van der Waals surface area (Å²) in [5.74, 6) is 5.39. The van der Waals surface area contributed by atoms with Crippen LogP contribution in [0.4, 0.5) is 0 Å². The van der Waals surface area contributed by atoms with Crippen LogP contribution >= 0.6 is 0 Å². The van der Waals surface area contributed by atoms with Crippen LogP contribution in [0.2, 0.25) is 0 Å². The van der Waals surface area contributed by atoms with Gasteiger partial charge in [0, 0.05) is 24.2 Å². The summed E-state index contributed by atoms with van der Waals surface area (Å²) < 4.78 is 25.9. The minimum Gasteiger partial charge on any atom is -0.457 e. The van der Waals surface area contributed by atoms with Gasteiger partial charge >= 0.3 is 0 Å². The first-order chi connectivity index (χ1) is 30.5. The third-order valence-electron chi connectivity index (χ3n) is 15.3. The highest BCUT2D eigenvalue weighted by atomic mass is 17.2. The Morgan fingerprint density at radius 3 is 1.78 bits per heavy atom. The molecule has 5 aliphatic rings. The van der Waals surface area contributed by atoms with Gasteiger partial charge in [-0.1, -0.05) is 103 Å². The number of fused-ring (bicyclic) bond motifs is 4. The van der Waals surface area contributed by atoms with Crippen molar-refractivity contribution in [2.75, 3.05) is 13.2 Å². The van der Waals surface area contributed by atoms with E-state index in [9.17, 15) is 0 Å². The second kappa shape index (κ2) is 18.8. The van der Waals surface area contributed by atoms with Gasteiger partial charge in [-0.25, -0.2) is 14.7 Å². The van der Waals surface area contributed by atoms with Crippen molar-refractivity contribution in [2.24, 2.45) is 41.4 Å². The minimum absolute atomic E-state index is 0.251. The lowest BCUT2D eigenvalue weighted by molar-refractivity contribution is -0.509. The number of benzene rings is 4. The van der Waals surface area contributed by atoms with E-state index >= 15 is 0 Å². The molecule has 11 unspecified atom stereocenters. The molecule has 0 N–H and O–H groups in total. The summed E-state index contributed by atoms with van der Waals surface area (Å²) in [7, 11) is 0. The normalized spacial score (nSPS) is 33.8. The van der Waals surface area contributed by atoms with Crippen LogP contribution in [0.5, 0.6) is 23.0 Å². The smallest absolute Gasteiger partial charge is 0.207 e. The first-order valence-corrected chi connectivity index (χ1v) is 23.9. The molecule has 2 aliphatic heterocycles. The van der Waals surface area contributed by atoms with E-state index in [1.165, 1.54) is 32.1 Å². The fraction of sp³-hybridized carbons (Fsp3) is 0.527. The second-order valence-electron chi connectivity index (χ2n) is 20.0. The zero-order valence-electron chi connectivity index (χ0n) is 38.2. The average molecular weight is 857 g/mol. The van der Waals surface area contributed by atoms with Crippen molar-refractivity contribution in [1.29, 1.82) is 0 Å². The highest BCUT2D eigenvalue weighted by Crippen LogP contribution is 2.54. The van der Waals surface area contributed by atoms with E-state index in [2.05, 4.69) is 59.9 Å². The Labute approximate surface area is 375 Å². The number of hydrogen-bond acceptors (Lipinski definition) is 8. The monoisotopic (exact) mass is 856 g/mol. The standard InChI is InChI=1S/C55H68O8/c1-8-41-11-9-10-37(4)54(25-24-35(2)26-41)56-33-52(60-62-54)39(6)43-12-18-48(19-13-43)58-50-22-16-45-17-23-51(32-46(45)31-50)59-49-20-14-44(15-21-49)40(7)53-34-57-55(63-61-53)38(5)29-42-27-36(3)28-47(55)30-42/h12-23,31-32,35-38,41-42,47,52-53H,6-11,24-30,33-34H2,1-5H3. The maximum atomic E-state index is 6.60. The molecule has 9 rings (SSSR count). The fourth-order valence-electron chi connectivity index (χ4n) is 11.4. The Balaban J connectivity index is 0.775. The van der Waals surface area contributed by atoms with E-state index in [0.29, 0.717) is 36.9 Å². The lowest BCUT2D eigenvalue weighted by Gasteiger charge is -2.54. The van der Waals surface area contributed by atoms with Crippen LogP contribution < -0.4 is 9.47 Å². The van der Waals surface area contributed by atoms with E-state index in [0.717, 1.165) is 106 Å². The first kappa shape index (κ1) is 44.2. The molecule has 3 saturated carbocycles. The topological polar surface area (TPSA) is 73.8 Å². The molecule has 2 bridgehead atoms. The molecule has 0 aromatic heterocycles. The SMILES string of the molecule is C=C(c1ccc(Oc2ccc3ccc(Oc4ccc(C(=C)C5COC6(OO5)C(C)CC5CC(C)CC6C5)cc4)cc3c2)cc1)C1COC2(CCC(C)CC(CC)CCCC2C)OO1. The van der Waals surface area contributed by atoms with Crippen LogP contribution in [0.3, 0.4) is 0 Å². The fourth-order valence-corrected chi connectivity index (χ4v) is 11.4. The van der Waals surface area contributed by atoms with Crippen LogP contribution in [0, 0.1) is 41.4 Å². The number of ether oxygens (including phenoxy) is 4. The summed E-state index contributed by atoms with van der Waals surface area (Å²) in [5.41, 5.74) is 3.56. The van der Waals surface area contributed by atoms with Crippen molar-refractivity contribution in [2.45, 2.75) is 129 Å². The van der Waals surface area contributed by atoms with Crippen molar-refractivity contribution in [3.05, 3.63) is 109 Å². The van der Waals surface area contributed by atoms with Gasteiger partial charge in [-0.2, -0.15) is 4.89 Å². The van der Waals surface area contributed by atoms with Crippen molar-refractivity contribution in [1.82, 2.24) is 0 Å². The summed E-state index contributed by atoms with van der Waals surface area (Å²) in [6.45, 7) is 21.1. The molecule has 5 fully saturated rings. The van der Waals surface area contributed by atoms with E-state index in [1.54, 1.807) is 0 Å². The van der Waals surface area contributed by atoms with E-state index in [1.807, 2.05) is 72.8 Å². The Kier molecular flexibility index (Phi) is 13.2. The van der Waals surface area contributed by atoms with E-state index in [-0.39, 0.29) is 18.1 Å². The predicted octanol–water partition coefficient (Wildman–Crippen LogP) is 14.3. The Morgan fingerprint density at radius 2 is 1.21 bits per heavy atom. The van der Waals surface area contributed by atoms with Gasteiger partial charge in [0.15, 0.2) is 0 Å². The molecule has 4 aromatic rings. The molecule has 2 heterocycles. The van der Waals surface area contributed by atoms with Crippen molar-refractivity contribution in [3.63, 3.8) is 0 Å². The van der Waals surface area contributed by atoms with E-state index < -0.39 is 11.6 Å². The molecule has 2 saturated heterocycles. The molecule has 4 aromatic carbocycles. The minimum atomic E-state index is -0.705. The molecule has 8 nitrogen and oxygen atoms in total. The largest absolute Gasteiger partial charge is 0.457 e. The lowest BCUT2D eigenvalue weighted by atomic mass is 9.62. The molecule has 0 radical (unpaired) electrons. The van der Waals surface area contributed by atoms with Crippen molar-refractivity contribution >= 4 is 21.9 Å². The van der Waals surface area contributed by atoms with Gasteiger partial charge in [0.2, 0.25) is 11.6 Å². The van der Waals surface area contributed by atoms with Crippen LogP contribution in [-0.4, -0.2) is 37.0 Å². The van der Waals surface area contributed by atoms with Crippen molar-refractivity contribution < 1.29 is 38.5 Å². The third kappa shape index (κ3) is 9.54. The summed E-state index contributed by atoms with van der Waals surface area (Å²) in [6, 6.07) is 28.0. The Hall–Kier alpha value is -4.02. The zero-order valence-corrected chi connectivity index (χ0v) is 38.2. The highest BCUT2D eigenvalue weighted by Gasteiger charge is 2.56. The molecular formula is C55H68O8. The van der Waals surface area contributed by atoms with E-state index in [4.69, 9.17) is 38.5 Å². The number of rotatable bonds is 9. The van der Waals surface area contributed by atoms with Crippen LogP contribution in [0.25, 0.3) is 21.9 Å². The summed E-state index contributed by atoms with van der Waals surface area (Å²) in [5, 5.41) is 2.10.